The Morgan fingerprint density at radius 1 is 1.08 bits per heavy atom. The summed E-state index contributed by atoms with van der Waals surface area (Å²) >= 11 is 0. The zero-order valence-electron chi connectivity index (χ0n) is 15.7. The van der Waals surface area contributed by atoms with E-state index in [4.69, 9.17) is 0 Å². The zero-order valence-corrected chi connectivity index (χ0v) is 15.7. The Labute approximate surface area is 155 Å². The van der Waals surface area contributed by atoms with Crippen LogP contribution in [-0.4, -0.2) is 17.4 Å². The fourth-order valence-corrected chi connectivity index (χ4v) is 2.98. The van der Waals surface area contributed by atoms with Crippen LogP contribution in [-0.2, 0) is 16.6 Å². The van der Waals surface area contributed by atoms with E-state index in [1.165, 1.54) is 16.5 Å². The molecule has 0 saturated carbocycles. The van der Waals surface area contributed by atoms with Gasteiger partial charge in [0.15, 0.2) is 0 Å². The second-order valence-corrected chi connectivity index (χ2v) is 7.61. The summed E-state index contributed by atoms with van der Waals surface area (Å²) in [6.07, 6.45) is 6.28. The van der Waals surface area contributed by atoms with Crippen LogP contribution in [0.15, 0.2) is 60.8 Å². The van der Waals surface area contributed by atoms with Crippen molar-refractivity contribution in [1.82, 2.24) is 10.3 Å². The van der Waals surface area contributed by atoms with Crippen molar-refractivity contribution < 1.29 is 4.79 Å². The predicted octanol–water partition coefficient (Wildman–Crippen LogP) is 4.84. The molecule has 2 N–H and O–H groups in total. The van der Waals surface area contributed by atoms with E-state index in [1.54, 1.807) is 6.08 Å². The molecule has 3 heteroatoms. The van der Waals surface area contributed by atoms with Gasteiger partial charge in [0.2, 0.25) is 5.91 Å². The van der Waals surface area contributed by atoms with Crippen LogP contribution in [0.5, 0.6) is 0 Å². The largest absolute Gasteiger partial charge is 0.361 e. The number of aromatic nitrogens is 1. The van der Waals surface area contributed by atoms with Crippen molar-refractivity contribution >= 4 is 22.9 Å². The molecule has 0 radical (unpaired) electrons. The molecule has 0 fully saturated rings. The van der Waals surface area contributed by atoms with Crippen molar-refractivity contribution in [3.63, 3.8) is 0 Å². The van der Waals surface area contributed by atoms with Crippen molar-refractivity contribution in [2.45, 2.75) is 32.6 Å². The molecule has 26 heavy (non-hydrogen) atoms. The van der Waals surface area contributed by atoms with Gasteiger partial charge in [-0.3, -0.25) is 4.79 Å². The van der Waals surface area contributed by atoms with Crippen LogP contribution in [0.3, 0.4) is 0 Å². The Balaban J connectivity index is 1.51. The lowest BCUT2D eigenvalue weighted by atomic mass is 9.87. The molecule has 1 aromatic heterocycles. The molecular weight excluding hydrogens is 320 g/mol. The van der Waals surface area contributed by atoms with Crippen LogP contribution in [0, 0.1) is 0 Å². The van der Waals surface area contributed by atoms with Gasteiger partial charge in [-0.15, -0.1) is 0 Å². The number of carbonyl (C=O) groups is 1. The summed E-state index contributed by atoms with van der Waals surface area (Å²) in [7, 11) is 0. The third-order valence-corrected chi connectivity index (χ3v) is 4.57. The molecule has 3 aromatic rings. The molecule has 3 rings (SSSR count). The number of rotatable bonds is 5. The van der Waals surface area contributed by atoms with Crippen molar-refractivity contribution in [1.29, 1.82) is 0 Å². The third kappa shape index (κ3) is 4.42. The molecule has 0 aliphatic carbocycles. The SMILES string of the molecule is CC(C)(C)c1ccc(/C=C/C(=O)NCCc2c[nH]c3ccccc23)cc1. The molecule has 3 nitrogen and oxygen atoms in total. The number of benzene rings is 2. The Kier molecular flexibility index (Phi) is 5.27. The van der Waals surface area contributed by atoms with Gasteiger partial charge in [-0.1, -0.05) is 63.2 Å². The zero-order chi connectivity index (χ0) is 18.6. The van der Waals surface area contributed by atoms with Crippen LogP contribution in [0.4, 0.5) is 0 Å². The quantitative estimate of drug-likeness (QED) is 0.638. The van der Waals surface area contributed by atoms with E-state index in [0.29, 0.717) is 6.54 Å². The molecule has 0 aliphatic heterocycles. The lowest BCUT2D eigenvalue weighted by Gasteiger charge is -2.18. The molecule has 0 bridgehead atoms. The summed E-state index contributed by atoms with van der Waals surface area (Å²) in [6.45, 7) is 7.20. The minimum Gasteiger partial charge on any atom is -0.361 e. The van der Waals surface area contributed by atoms with E-state index < -0.39 is 0 Å². The number of fused-ring (bicyclic) bond motifs is 1. The van der Waals surface area contributed by atoms with Gasteiger partial charge in [-0.2, -0.15) is 0 Å². The van der Waals surface area contributed by atoms with Crippen LogP contribution < -0.4 is 5.32 Å². The number of H-pyrrole nitrogens is 1. The summed E-state index contributed by atoms with van der Waals surface area (Å²) in [5, 5.41) is 4.17. The first-order chi connectivity index (χ1) is 12.4. The Bertz CT molecular complexity index is 911. The number of aromatic amines is 1. The Hall–Kier alpha value is -2.81. The van der Waals surface area contributed by atoms with Crippen molar-refractivity contribution in [3.05, 3.63) is 77.5 Å². The van der Waals surface area contributed by atoms with Gasteiger partial charge in [-0.25, -0.2) is 0 Å². The number of carbonyl (C=O) groups excluding carboxylic acids is 1. The Morgan fingerprint density at radius 3 is 2.54 bits per heavy atom. The summed E-state index contributed by atoms with van der Waals surface area (Å²) in [5.74, 6) is -0.0651. The number of nitrogens with one attached hydrogen (secondary N) is 2. The van der Waals surface area contributed by atoms with Crippen LogP contribution in [0.1, 0.15) is 37.5 Å². The molecule has 1 amide bonds. The fraction of sp³-hybridized carbons (Fsp3) is 0.261. The third-order valence-electron chi connectivity index (χ3n) is 4.57. The molecule has 134 valence electrons. The monoisotopic (exact) mass is 346 g/mol. The van der Waals surface area contributed by atoms with E-state index in [2.05, 4.69) is 67.5 Å². The van der Waals surface area contributed by atoms with E-state index in [-0.39, 0.29) is 11.3 Å². The molecule has 2 aromatic carbocycles. The van der Waals surface area contributed by atoms with Gasteiger partial charge in [0.25, 0.3) is 0 Å². The highest BCUT2D eigenvalue weighted by Crippen LogP contribution is 2.22. The minimum absolute atomic E-state index is 0.0651. The standard InChI is InChI=1S/C23H26N2O/c1-23(2,3)19-11-8-17(9-12-19)10-13-22(26)24-15-14-18-16-25-21-7-5-4-6-20(18)21/h4-13,16,25H,14-15H2,1-3H3,(H,24,26)/b13-10+. The first-order valence-electron chi connectivity index (χ1n) is 9.05. The molecular formula is C23H26N2O. The van der Waals surface area contributed by atoms with Crippen LogP contribution >= 0.6 is 0 Å². The second-order valence-electron chi connectivity index (χ2n) is 7.61. The lowest BCUT2D eigenvalue weighted by Crippen LogP contribution is -2.23. The summed E-state index contributed by atoms with van der Waals surface area (Å²) < 4.78 is 0. The van der Waals surface area contributed by atoms with Crippen molar-refractivity contribution in [2.75, 3.05) is 6.54 Å². The average molecular weight is 346 g/mol. The Morgan fingerprint density at radius 2 is 1.81 bits per heavy atom. The molecule has 0 saturated heterocycles. The predicted molar refractivity (Wildman–Crippen MR) is 109 cm³/mol. The maximum atomic E-state index is 12.0. The van der Waals surface area contributed by atoms with Crippen LogP contribution in [0.25, 0.3) is 17.0 Å². The van der Waals surface area contributed by atoms with Gasteiger partial charge in [0, 0.05) is 29.7 Å². The fourth-order valence-electron chi connectivity index (χ4n) is 2.98. The topological polar surface area (TPSA) is 44.9 Å². The highest BCUT2D eigenvalue weighted by atomic mass is 16.1. The van der Waals surface area contributed by atoms with Gasteiger partial charge in [0.1, 0.15) is 0 Å². The molecule has 1 heterocycles. The highest BCUT2D eigenvalue weighted by molar-refractivity contribution is 5.91. The number of amides is 1. The molecule has 0 unspecified atom stereocenters. The molecule has 0 spiro atoms. The van der Waals surface area contributed by atoms with Gasteiger partial charge in [-0.05, 0) is 40.7 Å². The maximum absolute atomic E-state index is 12.0. The van der Waals surface area contributed by atoms with Gasteiger partial charge in [0.05, 0.1) is 0 Å². The first kappa shape index (κ1) is 18.0. The molecule has 0 atom stereocenters. The number of hydrogen-bond donors (Lipinski definition) is 2. The van der Waals surface area contributed by atoms with E-state index in [0.717, 1.165) is 17.5 Å². The van der Waals surface area contributed by atoms with E-state index >= 15 is 0 Å². The number of hydrogen-bond acceptors (Lipinski definition) is 1. The summed E-state index contributed by atoms with van der Waals surface area (Å²) in [5.41, 5.74) is 4.82. The highest BCUT2D eigenvalue weighted by Gasteiger charge is 2.12. The normalized spacial score (nSPS) is 12.0. The molecule has 0 aliphatic rings. The maximum Gasteiger partial charge on any atom is 0.244 e. The summed E-state index contributed by atoms with van der Waals surface area (Å²) in [6, 6.07) is 16.6. The van der Waals surface area contributed by atoms with Crippen molar-refractivity contribution in [2.24, 2.45) is 0 Å². The van der Waals surface area contributed by atoms with Gasteiger partial charge >= 0.3 is 0 Å². The smallest absolute Gasteiger partial charge is 0.244 e. The second kappa shape index (κ2) is 7.61. The summed E-state index contributed by atoms with van der Waals surface area (Å²) in [4.78, 5) is 15.3. The van der Waals surface area contributed by atoms with Crippen LogP contribution in [0.2, 0.25) is 0 Å². The number of para-hydroxylation sites is 1. The first-order valence-corrected chi connectivity index (χ1v) is 9.05. The lowest BCUT2D eigenvalue weighted by molar-refractivity contribution is -0.116. The van der Waals surface area contributed by atoms with E-state index in [9.17, 15) is 4.79 Å². The average Bonchev–Trinajstić information content (AvgIpc) is 3.03. The van der Waals surface area contributed by atoms with Crippen molar-refractivity contribution in [3.8, 4) is 0 Å². The minimum atomic E-state index is -0.0651. The van der Waals surface area contributed by atoms with E-state index in [1.807, 2.05) is 24.4 Å². The van der Waals surface area contributed by atoms with Gasteiger partial charge < -0.3 is 10.3 Å².